The van der Waals surface area contributed by atoms with Crippen LogP contribution in [0.25, 0.3) is 11.1 Å². The van der Waals surface area contributed by atoms with Crippen molar-refractivity contribution in [1.82, 2.24) is 5.32 Å². The predicted octanol–water partition coefficient (Wildman–Crippen LogP) is 2.83. The van der Waals surface area contributed by atoms with Gasteiger partial charge in [-0.05, 0) is 30.1 Å². The largest absolute Gasteiger partial charge is 0.480 e. The molecule has 0 saturated heterocycles. The summed E-state index contributed by atoms with van der Waals surface area (Å²) in [7, 11) is 0. The van der Waals surface area contributed by atoms with Crippen molar-refractivity contribution in [2.24, 2.45) is 0 Å². The minimum absolute atomic E-state index is 0.114. The number of carbonyl (C=O) groups excluding carboxylic acids is 2. The van der Waals surface area contributed by atoms with Gasteiger partial charge in [-0.15, -0.1) is 0 Å². The average molecular weight is 355 g/mol. The van der Waals surface area contributed by atoms with Gasteiger partial charge >= 0.3 is 5.97 Å². The fourth-order valence-corrected chi connectivity index (χ4v) is 3.47. The van der Waals surface area contributed by atoms with Gasteiger partial charge in [0, 0.05) is 22.3 Å². The first-order valence-corrected chi connectivity index (χ1v) is 9.23. The van der Waals surface area contributed by atoms with Gasteiger partial charge in [-0.1, -0.05) is 36.4 Å². The Morgan fingerprint density at radius 1 is 1.08 bits per heavy atom. The molecule has 0 heterocycles. The van der Waals surface area contributed by atoms with Crippen LogP contribution in [0.1, 0.15) is 32.7 Å². The minimum atomic E-state index is -1.06. The third-order valence-electron chi connectivity index (χ3n) is 4.21. The SMILES string of the molecule is CSCC[C@H](NC(=O)c1cccc2c1-c1ccccc1C2=O)C(=O)O. The number of carboxylic acids is 1. The van der Waals surface area contributed by atoms with E-state index in [9.17, 15) is 19.5 Å². The molecule has 1 amide bonds. The Bertz CT molecular complexity index is 862. The molecule has 1 aliphatic rings. The zero-order valence-electron chi connectivity index (χ0n) is 13.6. The maximum absolute atomic E-state index is 12.7. The number of hydrogen-bond donors (Lipinski definition) is 2. The van der Waals surface area contributed by atoms with Gasteiger partial charge in [0.05, 0.1) is 0 Å². The number of thioether (sulfide) groups is 1. The van der Waals surface area contributed by atoms with Gasteiger partial charge in [0.1, 0.15) is 6.04 Å². The first-order valence-electron chi connectivity index (χ1n) is 7.84. The van der Waals surface area contributed by atoms with Gasteiger partial charge in [-0.25, -0.2) is 4.79 Å². The van der Waals surface area contributed by atoms with E-state index in [1.165, 1.54) is 11.8 Å². The van der Waals surface area contributed by atoms with Crippen LogP contribution >= 0.6 is 11.8 Å². The van der Waals surface area contributed by atoms with Crippen LogP contribution in [-0.4, -0.2) is 40.8 Å². The van der Waals surface area contributed by atoms with E-state index in [4.69, 9.17) is 0 Å². The van der Waals surface area contributed by atoms with E-state index < -0.39 is 17.9 Å². The molecule has 0 radical (unpaired) electrons. The summed E-state index contributed by atoms with van der Waals surface area (Å²) in [5.74, 6) is -1.02. The van der Waals surface area contributed by atoms with E-state index in [-0.39, 0.29) is 5.78 Å². The van der Waals surface area contributed by atoms with Gasteiger partial charge in [0.2, 0.25) is 0 Å². The summed E-state index contributed by atoms with van der Waals surface area (Å²) in [5.41, 5.74) is 2.66. The number of aliphatic carboxylic acids is 1. The molecule has 6 heteroatoms. The van der Waals surface area contributed by atoms with Crippen molar-refractivity contribution in [3.8, 4) is 11.1 Å². The summed E-state index contributed by atoms with van der Waals surface area (Å²) in [6, 6.07) is 11.1. The Balaban J connectivity index is 1.97. The molecule has 1 atom stereocenters. The highest BCUT2D eigenvalue weighted by Gasteiger charge is 2.31. The molecule has 5 nitrogen and oxygen atoms in total. The number of hydrogen-bond acceptors (Lipinski definition) is 4. The molecule has 2 aromatic carbocycles. The second-order valence-corrected chi connectivity index (χ2v) is 6.73. The molecule has 0 aromatic heterocycles. The summed E-state index contributed by atoms with van der Waals surface area (Å²) < 4.78 is 0. The van der Waals surface area contributed by atoms with E-state index in [0.29, 0.717) is 40.0 Å². The second kappa shape index (κ2) is 7.11. The third-order valence-corrected chi connectivity index (χ3v) is 4.85. The second-order valence-electron chi connectivity index (χ2n) is 5.75. The number of rotatable bonds is 6. The quantitative estimate of drug-likeness (QED) is 0.710. The lowest BCUT2D eigenvalue weighted by Gasteiger charge is -2.15. The lowest BCUT2D eigenvalue weighted by Crippen LogP contribution is -2.41. The van der Waals surface area contributed by atoms with Gasteiger partial charge in [-0.2, -0.15) is 11.8 Å². The van der Waals surface area contributed by atoms with E-state index in [2.05, 4.69) is 5.32 Å². The van der Waals surface area contributed by atoms with Gasteiger partial charge in [0.15, 0.2) is 5.78 Å². The standard InChI is InChI=1S/C19H17NO4S/c1-25-10-9-15(19(23)24)20-18(22)14-8-4-7-13-16(14)11-5-2-3-6-12(11)17(13)21/h2-8,15H,9-10H2,1H3,(H,20,22)(H,23,24)/t15-/m0/s1. The molecule has 1 aliphatic carbocycles. The van der Waals surface area contributed by atoms with E-state index in [1.54, 1.807) is 36.4 Å². The number of ketones is 1. The smallest absolute Gasteiger partial charge is 0.326 e. The van der Waals surface area contributed by atoms with Crippen LogP contribution in [0, 0.1) is 0 Å². The average Bonchev–Trinajstić information content (AvgIpc) is 2.91. The molecule has 25 heavy (non-hydrogen) atoms. The fourth-order valence-electron chi connectivity index (χ4n) is 2.99. The van der Waals surface area contributed by atoms with Crippen molar-refractivity contribution in [1.29, 1.82) is 0 Å². The molecule has 0 spiro atoms. The van der Waals surface area contributed by atoms with Crippen LogP contribution in [-0.2, 0) is 4.79 Å². The van der Waals surface area contributed by atoms with Crippen LogP contribution in [0.3, 0.4) is 0 Å². The molecule has 0 fully saturated rings. The van der Waals surface area contributed by atoms with E-state index >= 15 is 0 Å². The first kappa shape index (κ1) is 17.2. The maximum Gasteiger partial charge on any atom is 0.326 e. The zero-order valence-corrected chi connectivity index (χ0v) is 14.4. The molecular weight excluding hydrogens is 338 g/mol. The Hall–Kier alpha value is -2.60. The first-order chi connectivity index (χ1) is 12.0. The Morgan fingerprint density at radius 2 is 1.76 bits per heavy atom. The van der Waals surface area contributed by atoms with Crippen LogP contribution < -0.4 is 5.32 Å². The molecule has 2 N–H and O–H groups in total. The van der Waals surface area contributed by atoms with Crippen molar-refractivity contribution in [2.45, 2.75) is 12.5 Å². The normalized spacial score (nSPS) is 13.1. The molecule has 0 unspecified atom stereocenters. The molecule has 2 aromatic rings. The zero-order chi connectivity index (χ0) is 18.0. The van der Waals surface area contributed by atoms with Crippen LogP contribution in [0.5, 0.6) is 0 Å². The fraction of sp³-hybridized carbons (Fsp3) is 0.211. The highest BCUT2D eigenvalue weighted by Crippen LogP contribution is 2.38. The summed E-state index contributed by atoms with van der Waals surface area (Å²) in [4.78, 5) is 36.6. The molecular formula is C19H17NO4S. The van der Waals surface area contributed by atoms with Crippen molar-refractivity contribution in [3.63, 3.8) is 0 Å². The van der Waals surface area contributed by atoms with Crippen LogP contribution in [0.15, 0.2) is 42.5 Å². The Morgan fingerprint density at radius 3 is 2.44 bits per heavy atom. The van der Waals surface area contributed by atoms with E-state index in [0.717, 1.165) is 0 Å². The number of carboxylic acid groups (broad SMARTS) is 1. The molecule has 0 saturated carbocycles. The Labute approximate surface area is 149 Å². The predicted molar refractivity (Wildman–Crippen MR) is 97.2 cm³/mol. The van der Waals surface area contributed by atoms with Crippen molar-refractivity contribution in [3.05, 3.63) is 59.2 Å². The number of carbonyl (C=O) groups is 3. The van der Waals surface area contributed by atoms with Crippen molar-refractivity contribution in [2.75, 3.05) is 12.0 Å². The van der Waals surface area contributed by atoms with Crippen molar-refractivity contribution < 1.29 is 19.5 Å². The monoisotopic (exact) mass is 355 g/mol. The third kappa shape index (κ3) is 3.17. The van der Waals surface area contributed by atoms with Gasteiger partial charge < -0.3 is 10.4 Å². The topological polar surface area (TPSA) is 83.5 Å². The number of amides is 1. The lowest BCUT2D eigenvalue weighted by molar-refractivity contribution is -0.139. The highest BCUT2D eigenvalue weighted by molar-refractivity contribution is 7.98. The molecule has 128 valence electrons. The van der Waals surface area contributed by atoms with E-state index in [1.807, 2.05) is 12.3 Å². The van der Waals surface area contributed by atoms with Gasteiger partial charge in [-0.3, -0.25) is 9.59 Å². The Kier molecular flexibility index (Phi) is 4.90. The van der Waals surface area contributed by atoms with Crippen LogP contribution in [0.2, 0.25) is 0 Å². The highest BCUT2D eigenvalue weighted by atomic mass is 32.2. The maximum atomic E-state index is 12.7. The lowest BCUT2D eigenvalue weighted by atomic mass is 9.98. The molecule has 3 rings (SSSR count). The number of nitrogens with one attached hydrogen (secondary N) is 1. The van der Waals surface area contributed by atoms with Gasteiger partial charge in [0.25, 0.3) is 5.91 Å². The number of fused-ring (bicyclic) bond motifs is 3. The summed E-state index contributed by atoms with van der Waals surface area (Å²) >= 11 is 1.52. The molecule has 0 bridgehead atoms. The summed E-state index contributed by atoms with van der Waals surface area (Å²) in [6.45, 7) is 0. The minimum Gasteiger partial charge on any atom is -0.480 e. The summed E-state index contributed by atoms with van der Waals surface area (Å²) in [5, 5.41) is 11.9. The number of benzene rings is 2. The van der Waals surface area contributed by atoms with Crippen molar-refractivity contribution >= 4 is 29.4 Å². The summed E-state index contributed by atoms with van der Waals surface area (Å²) in [6.07, 6.45) is 2.22. The van der Waals surface area contributed by atoms with Crippen LogP contribution in [0.4, 0.5) is 0 Å². The molecule has 0 aliphatic heterocycles.